The van der Waals surface area contributed by atoms with Crippen LogP contribution in [0.4, 0.5) is 0 Å². The molecule has 1 heterocycles. The molecule has 4 nitrogen and oxygen atoms in total. The number of rotatable bonds is 5. The third-order valence-electron chi connectivity index (χ3n) is 4.05. The number of likely N-dealkylation sites (tertiary alicyclic amines) is 1. The molecule has 0 aromatic heterocycles. The predicted octanol–water partition coefficient (Wildman–Crippen LogP) is 2.58. The van der Waals surface area contributed by atoms with Gasteiger partial charge in [-0.15, -0.1) is 24.8 Å². The number of nitrogens with one attached hydrogen (secondary N) is 1. The normalized spacial score (nSPS) is 21.0. The Hall–Kier alpha value is -0.810. The monoisotopic (exact) mass is 361 g/mol. The minimum Gasteiger partial charge on any atom is -0.351 e. The predicted molar refractivity (Wildman–Crippen MR) is 100 cm³/mol. The van der Waals surface area contributed by atoms with Gasteiger partial charge in [-0.25, -0.2) is 0 Å². The average molecular weight is 362 g/mol. The first-order chi connectivity index (χ1) is 10.1. The van der Waals surface area contributed by atoms with E-state index in [4.69, 9.17) is 5.73 Å². The summed E-state index contributed by atoms with van der Waals surface area (Å²) < 4.78 is 0. The lowest BCUT2D eigenvalue weighted by atomic mass is 9.91. The van der Waals surface area contributed by atoms with Gasteiger partial charge < -0.3 is 11.1 Å². The fourth-order valence-electron chi connectivity index (χ4n) is 3.21. The van der Waals surface area contributed by atoms with Crippen LogP contribution in [0, 0.1) is 11.8 Å². The number of nitrogens with two attached hydrogens (primary N) is 1. The smallest absolute Gasteiger partial charge is 0.234 e. The van der Waals surface area contributed by atoms with Gasteiger partial charge in [-0.1, -0.05) is 38.1 Å². The second-order valence-corrected chi connectivity index (χ2v) is 6.44. The lowest BCUT2D eigenvalue weighted by Gasteiger charge is -2.35. The van der Waals surface area contributed by atoms with Crippen LogP contribution in [0.25, 0.3) is 0 Å². The molecule has 1 aromatic carbocycles. The second-order valence-electron chi connectivity index (χ2n) is 6.44. The molecule has 0 spiro atoms. The summed E-state index contributed by atoms with van der Waals surface area (Å²) in [5.74, 6) is 1.47. The third kappa shape index (κ3) is 7.53. The third-order valence-corrected chi connectivity index (χ3v) is 4.05. The molecule has 1 aliphatic heterocycles. The highest BCUT2D eigenvalue weighted by Gasteiger charge is 2.21. The lowest BCUT2D eigenvalue weighted by Crippen LogP contribution is -2.38. The molecule has 2 unspecified atom stereocenters. The highest BCUT2D eigenvalue weighted by atomic mass is 35.5. The number of hydrogen-bond donors (Lipinski definition) is 2. The molecule has 1 aliphatic rings. The van der Waals surface area contributed by atoms with Gasteiger partial charge in [0.15, 0.2) is 0 Å². The van der Waals surface area contributed by atoms with Gasteiger partial charge in [0.25, 0.3) is 0 Å². The second kappa shape index (κ2) is 10.9. The van der Waals surface area contributed by atoms with Crippen LogP contribution in [0.3, 0.4) is 0 Å². The number of benzene rings is 1. The van der Waals surface area contributed by atoms with E-state index >= 15 is 0 Å². The molecule has 1 saturated heterocycles. The summed E-state index contributed by atoms with van der Waals surface area (Å²) >= 11 is 0. The Morgan fingerprint density at radius 2 is 1.65 bits per heavy atom. The number of hydrogen-bond acceptors (Lipinski definition) is 3. The number of piperidine rings is 1. The van der Waals surface area contributed by atoms with Crippen molar-refractivity contribution in [2.24, 2.45) is 17.6 Å². The Labute approximate surface area is 152 Å². The molecular formula is C17H29Cl2N3O. The van der Waals surface area contributed by atoms with Crippen LogP contribution < -0.4 is 11.1 Å². The van der Waals surface area contributed by atoms with Crippen LogP contribution in [-0.2, 0) is 17.9 Å². The van der Waals surface area contributed by atoms with Crippen LogP contribution >= 0.6 is 24.8 Å². The first-order valence-corrected chi connectivity index (χ1v) is 7.83. The summed E-state index contributed by atoms with van der Waals surface area (Å²) in [6, 6.07) is 8.49. The van der Waals surface area contributed by atoms with Crippen LogP contribution in [0.1, 0.15) is 31.4 Å². The molecule has 0 radical (unpaired) electrons. The quantitative estimate of drug-likeness (QED) is 0.847. The zero-order valence-corrected chi connectivity index (χ0v) is 15.6. The van der Waals surface area contributed by atoms with Crippen molar-refractivity contribution in [2.75, 3.05) is 19.6 Å². The number of carbonyl (C=O) groups is 1. The van der Waals surface area contributed by atoms with Gasteiger partial charge in [-0.05, 0) is 29.4 Å². The van der Waals surface area contributed by atoms with Crippen LogP contribution in [0.15, 0.2) is 24.3 Å². The number of halogens is 2. The SMILES string of the molecule is CC1CC(C)CN(Cc2ccc(CNC(=O)CN)cc2)C1.Cl.Cl. The van der Waals surface area contributed by atoms with E-state index in [2.05, 4.69) is 48.3 Å². The van der Waals surface area contributed by atoms with Gasteiger partial charge in [-0.2, -0.15) is 0 Å². The van der Waals surface area contributed by atoms with E-state index in [0.717, 1.165) is 23.9 Å². The maximum Gasteiger partial charge on any atom is 0.234 e. The summed E-state index contributed by atoms with van der Waals surface area (Å²) in [6.07, 6.45) is 1.34. The van der Waals surface area contributed by atoms with E-state index in [-0.39, 0.29) is 37.3 Å². The van der Waals surface area contributed by atoms with Crippen LogP contribution in [0.2, 0.25) is 0 Å². The van der Waals surface area contributed by atoms with Crippen molar-refractivity contribution in [1.29, 1.82) is 0 Å². The molecule has 0 bridgehead atoms. The van der Waals surface area contributed by atoms with Gasteiger partial charge in [0, 0.05) is 26.2 Å². The van der Waals surface area contributed by atoms with Gasteiger partial charge in [0.2, 0.25) is 5.91 Å². The van der Waals surface area contributed by atoms with Crippen molar-refractivity contribution in [1.82, 2.24) is 10.2 Å². The fraction of sp³-hybridized carbons (Fsp3) is 0.588. The number of nitrogens with zero attached hydrogens (tertiary/aromatic N) is 1. The summed E-state index contributed by atoms with van der Waals surface area (Å²) in [5, 5.41) is 2.79. The summed E-state index contributed by atoms with van der Waals surface area (Å²) in [4.78, 5) is 13.7. The Kier molecular flexibility index (Phi) is 10.5. The lowest BCUT2D eigenvalue weighted by molar-refractivity contribution is -0.119. The first-order valence-electron chi connectivity index (χ1n) is 7.83. The Balaban J connectivity index is 0.00000242. The number of carbonyl (C=O) groups excluding carboxylic acids is 1. The molecule has 6 heteroatoms. The van der Waals surface area contributed by atoms with E-state index in [1.807, 2.05) is 0 Å². The van der Waals surface area contributed by atoms with E-state index in [1.165, 1.54) is 25.1 Å². The van der Waals surface area contributed by atoms with Crippen molar-refractivity contribution in [3.8, 4) is 0 Å². The van der Waals surface area contributed by atoms with E-state index < -0.39 is 0 Å². The van der Waals surface area contributed by atoms with Crippen molar-refractivity contribution < 1.29 is 4.79 Å². The molecule has 3 N–H and O–H groups in total. The van der Waals surface area contributed by atoms with E-state index in [9.17, 15) is 4.79 Å². The average Bonchev–Trinajstić information content (AvgIpc) is 2.45. The summed E-state index contributed by atoms with van der Waals surface area (Å²) in [6.45, 7) is 8.68. The topological polar surface area (TPSA) is 58.4 Å². The Bertz CT molecular complexity index is 457. The Morgan fingerprint density at radius 3 is 2.17 bits per heavy atom. The highest BCUT2D eigenvalue weighted by molar-refractivity contribution is 5.85. The molecule has 1 aromatic rings. The molecule has 0 saturated carbocycles. The van der Waals surface area contributed by atoms with Crippen LogP contribution in [-0.4, -0.2) is 30.4 Å². The van der Waals surface area contributed by atoms with Gasteiger partial charge in [0.1, 0.15) is 0 Å². The standard InChI is InChI=1S/C17H27N3O.2ClH/c1-13-7-14(2)11-20(10-13)12-16-5-3-15(4-6-16)9-19-17(21)8-18;;/h3-6,13-14H,7-12,18H2,1-2H3,(H,19,21);2*1H. The number of amides is 1. The molecule has 132 valence electrons. The minimum absolute atomic E-state index is 0. The van der Waals surface area contributed by atoms with Crippen molar-refractivity contribution >= 4 is 30.7 Å². The maximum absolute atomic E-state index is 11.1. The zero-order chi connectivity index (χ0) is 15.2. The maximum atomic E-state index is 11.1. The molecule has 1 amide bonds. The minimum atomic E-state index is -0.115. The molecule has 0 aliphatic carbocycles. The molecule has 2 rings (SSSR count). The largest absolute Gasteiger partial charge is 0.351 e. The molecule has 23 heavy (non-hydrogen) atoms. The summed E-state index contributed by atoms with van der Waals surface area (Å²) in [7, 11) is 0. The van der Waals surface area contributed by atoms with Gasteiger partial charge >= 0.3 is 0 Å². The van der Waals surface area contributed by atoms with E-state index in [0.29, 0.717) is 6.54 Å². The molecular weight excluding hydrogens is 333 g/mol. The van der Waals surface area contributed by atoms with Crippen molar-refractivity contribution in [2.45, 2.75) is 33.4 Å². The molecule has 2 atom stereocenters. The van der Waals surface area contributed by atoms with Crippen molar-refractivity contribution in [3.05, 3.63) is 35.4 Å². The van der Waals surface area contributed by atoms with Gasteiger partial charge in [0.05, 0.1) is 6.54 Å². The first kappa shape index (κ1) is 22.2. The molecule has 1 fully saturated rings. The summed E-state index contributed by atoms with van der Waals surface area (Å²) in [5.41, 5.74) is 7.72. The van der Waals surface area contributed by atoms with Crippen LogP contribution in [0.5, 0.6) is 0 Å². The zero-order valence-electron chi connectivity index (χ0n) is 14.0. The highest BCUT2D eigenvalue weighted by Crippen LogP contribution is 2.22. The van der Waals surface area contributed by atoms with Crippen molar-refractivity contribution in [3.63, 3.8) is 0 Å². The van der Waals surface area contributed by atoms with E-state index in [1.54, 1.807) is 0 Å². The fourth-order valence-corrected chi connectivity index (χ4v) is 3.21. The van der Waals surface area contributed by atoms with Gasteiger partial charge in [-0.3, -0.25) is 9.69 Å². The Morgan fingerprint density at radius 1 is 1.13 bits per heavy atom.